The summed E-state index contributed by atoms with van der Waals surface area (Å²) in [5.74, 6) is 0. The molecule has 0 saturated heterocycles. The predicted molar refractivity (Wildman–Crippen MR) is 171 cm³/mol. The summed E-state index contributed by atoms with van der Waals surface area (Å²) in [6.07, 6.45) is 6.75. The zero-order chi connectivity index (χ0) is 27.3. The summed E-state index contributed by atoms with van der Waals surface area (Å²) in [5, 5.41) is 0. The maximum absolute atomic E-state index is 2.39. The Labute approximate surface area is 238 Å². The number of para-hydroxylation sites is 2. The molecule has 1 aliphatic rings. The van der Waals surface area contributed by atoms with E-state index in [0.29, 0.717) is 0 Å². The lowest BCUT2D eigenvalue weighted by atomic mass is 10.0. The van der Waals surface area contributed by atoms with E-state index in [2.05, 4.69) is 169 Å². The highest BCUT2D eigenvalue weighted by Gasteiger charge is 2.17. The summed E-state index contributed by atoms with van der Waals surface area (Å²) in [7, 11) is 0. The molecule has 0 aliphatic heterocycles. The summed E-state index contributed by atoms with van der Waals surface area (Å²) >= 11 is 0. The number of aryl methyl sites for hydroxylation is 1. The van der Waals surface area contributed by atoms with Crippen LogP contribution in [0, 0.1) is 6.92 Å². The Morgan fingerprint density at radius 1 is 0.475 bits per heavy atom. The van der Waals surface area contributed by atoms with Crippen LogP contribution in [0.1, 0.15) is 25.3 Å². The Morgan fingerprint density at radius 3 is 1.52 bits per heavy atom. The summed E-state index contributed by atoms with van der Waals surface area (Å²) in [6, 6.07) is 47.8. The molecule has 0 unspecified atom stereocenters. The number of anilines is 5. The minimum Gasteiger partial charge on any atom is -0.314 e. The average molecular weight is 519 g/mol. The van der Waals surface area contributed by atoms with E-state index in [1.54, 1.807) is 0 Å². The molecule has 2 nitrogen and oxygen atoms in total. The van der Waals surface area contributed by atoms with Crippen molar-refractivity contribution in [2.45, 2.75) is 26.7 Å². The maximum Gasteiger partial charge on any atom is 0.0464 e. The van der Waals surface area contributed by atoms with E-state index in [-0.39, 0.29) is 0 Å². The minimum absolute atomic E-state index is 1.04. The number of hydrogen-bond donors (Lipinski definition) is 0. The molecular weight excluding hydrogens is 484 g/mol. The van der Waals surface area contributed by atoms with Gasteiger partial charge in [0.15, 0.2) is 0 Å². The number of rotatable bonds is 7. The van der Waals surface area contributed by atoms with E-state index in [4.69, 9.17) is 0 Å². The molecule has 2 heteroatoms. The third-order valence-electron chi connectivity index (χ3n) is 7.42. The van der Waals surface area contributed by atoms with Crippen molar-refractivity contribution in [3.63, 3.8) is 0 Å². The SMILES string of the molecule is CC1=CCCC(N(c2ccccc2)c2ccc(-c3ccc(N(c4ccccc4)c4cccc(C)c4)cc3)cc2)=C1. The third kappa shape index (κ3) is 5.48. The highest BCUT2D eigenvalue weighted by Crippen LogP contribution is 2.37. The molecule has 0 heterocycles. The van der Waals surface area contributed by atoms with Crippen LogP contribution >= 0.6 is 0 Å². The quantitative estimate of drug-likeness (QED) is 0.211. The first-order valence-corrected chi connectivity index (χ1v) is 14.0. The lowest BCUT2D eigenvalue weighted by molar-refractivity contribution is 0.905. The first-order chi connectivity index (χ1) is 19.7. The molecule has 0 saturated carbocycles. The molecule has 0 aromatic heterocycles. The number of nitrogens with zero attached hydrogens (tertiary/aromatic N) is 2. The van der Waals surface area contributed by atoms with Gasteiger partial charge >= 0.3 is 0 Å². The molecule has 196 valence electrons. The maximum atomic E-state index is 2.39. The van der Waals surface area contributed by atoms with Gasteiger partial charge in [0.2, 0.25) is 0 Å². The largest absolute Gasteiger partial charge is 0.314 e. The van der Waals surface area contributed by atoms with Crippen molar-refractivity contribution in [3.05, 3.63) is 162 Å². The molecule has 0 spiro atoms. The van der Waals surface area contributed by atoms with Gasteiger partial charge in [-0.15, -0.1) is 0 Å². The molecule has 0 amide bonds. The van der Waals surface area contributed by atoms with Gasteiger partial charge in [0.1, 0.15) is 0 Å². The first kappa shape index (κ1) is 25.5. The van der Waals surface area contributed by atoms with E-state index in [9.17, 15) is 0 Å². The van der Waals surface area contributed by atoms with Crippen LogP contribution in [0.2, 0.25) is 0 Å². The average Bonchev–Trinajstić information content (AvgIpc) is 3.00. The van der Waals surface area contributed by atoms with Gasteiger partial charge in [-0.05, 0) is 110 Å². The molecule has 0 atom stereocenters. The monoisotopic (exact) mass is 518 g/mol. The van der Waals surface area contributed by atoms with Gasteiger partial charge in [0.05, 0.1) is 0 Å². The molecule has 0 fully saturated rings. The molecule has 0 N–H and O–H groups in total. The van der Waals surface area contributed by atoms with Crippen molar-refractivity contribution < 1.29 is 0 Å². The fourth-order valence-electron chi connectivity index (χ4n) is 5.47. The van der Waals surface area contributed by atoms with E-state index in [1.807, 2.05) is 0 Å². The van der Waals surface area contributed by atoms with Crippen molar-refractivity contribution in [1.29, 1.82) is 0 Å². The van der Waals surface area contributed by atoms with E-state index < -0.39 is 0 Å². The molecule has 0 radical (unpaired) electrons. The molecule has 5 aromatic carbocycles. The number of allylic oxidation sites excluding steroid dienone is 4. The number of hydrogen-bond acceptors (Lipinski definition) is 2. The topological polar surface area (TPSA) is 6.48 Å². The van der Waals surface area contributed by atoms with Gasteiger partial charge in [-0.1, -0.05) is 84.4 Å². The molecule has 6 rings (SSSR count). The van der Waals surface area contributed by atoms with Crippen LogP contribution in [-0.4, -0.2) is 0 Å². The highest BCUT2D eigenvalue weighted by atomic mass is 15.2. The Morgan fingerprint density at radius 2 is 0.975 bits per heavy atom. The van der Waals surface area contributed by atoms with Crippen LogP contribution < -0.4 is 9.80 Å². The van der Waals surface area contributed by atoms with E-state index in [1.165, 1.54) is 39.3 Å². The highest BCUT2D eigenvalue weighted by molar-refractivity contribution is 5.79. The van der Waals surface area contributed by atoms with Crippen LogP contribution in [0.4, 0.5) is 28.4 Å². The van der Waals surface area contributed by atoms with Gasteiger partial charge < -0.3 is 9.80 Å². The first-order valence-electron chi connectivity index (χ1n) is 14.0. The molecule has 0 bridgehead atoms. The van der Waals surface area contributed by atoms with Crippen LogP contribution in [0.25, 0.3) is 11.1 Å². The van der Waals surface area contributed by atoms with Gasteiger partial charge in [0.25, 0.3) is 0 Å². The fourth-order valence-corrected chi connectivity index (χ4v) is 5.47. The second-order valence-corrected chi connectivity index (χ2v) is 10.4. The van der Waals surface area contributed by atoms with Crippen LogP contribution in [-0.2, 0) is 0 Å². The smallest absolute Gasteiger partial charge is 0.0464 e. The lowest BCUT2D eigenvalue weighted by Crippen LogP contribution is -2.17. The molecule has 40 heavy (non-hydrogen) atoms. The molecular formula is C38H34N2. The summed E-state index contributed by atoms with van der Waals surface area (Å²) in [6.45, 7) is 4.33. The summed E-state index contributed by atoms with van der Waals surface area (Å²) in [4.78, 5) is 4.70. The Kier molecular flexibility index (Phi) is 7.32. The van der Waals surface area contributed by atoms with Gasteiger partial charge in [-0.2, -0.15) is 0 Å². The summed E-state index contributed by atoms with van der Waals surface area (Å²) in [5.41, 5.74) is 12.1. The van der Waals surface area contributed by atoms with Crippen molar-refractivity contribution in [1.82, 2.24) is 0 Å². The molecule has 5 aromatic rings. The Hall–Kier alpha value is -4.82. The van der Waals surface area contributed by atoms with Gasteiger partial charge in [0, 0.05) is 34.1 Å². The van der Waals surface area contributed by atoms with E-state index in [0.717, 1.165) is 29.9 Å². The predicted octanol–water partition coefficient (Wildman–Crippen LogP) is 10.9. The summed E-state index contributed by atoms with van der Waals surface area (Å²) < 4.78 is 0. The minimum atomic E-state index is 1.04. The lowest BCUT2D eigenvalue weighted by Gasteiger charge is -2.29. The van der Waals surface area contributed by atoms with Crippen molar-refractivity contribution >= 4 is 28.4 Å². The normalized spacial score (nSPS) is 12.8. The van der Waals surface area contributed by atoms with Crippen molar-refractivity contribution in [2.24, 2.45) is 0 Å². The molecule has 1 aliphatic carbocycles. The standard InChI is InChI=1S/C38H34N2/c1-29-11-9-17-37(27-29)39(33-13-5-3-6-14-33)35-23-19-31(20-24-35)32-21-25-36(26-22-32)40(34-15-7-4-8-16-34)38-18-10-12-30(2)28-38/h3-9,11-17,19-28H,10,18H2,1-2H3. The van der Waals surface area contributed by atoms with Gasteiger partial charge in [-0.3, -0.25) is 0 Å². The third-order valence-corrected chi connectivity index (χ3v) is 7.42. The van der Waals surface area contributed by atoms with Crippen molar-refractivity contribution in [2.75, 3.05) is 9.80 Å². The Bertz CT molecular complexity index is 1630. The van der Waals surface area contributed by atoms with Crippen LogP contribution in [0.5, 0.6) is 0 Å². The fraction of sp³-hybridized carbons (Fsp3) is 0.105. The van der Waals surface area contributed by atoms with Crippen LogP contribution in [0.15, 0.2) is 157 Å². The van der Waals surface area contributed by atoms with Crippen LogP contribution in [0.3, 0.4) is 0 Å². The second-order valence-electron chi connectivity index (χ2n) is 10.4. The van der Waals surface area contributed by atoms with Crippen molar-refractivity contribution in [3.8, 4) is 11.1 Å². The van der Waals surface area contributed by atoms with Gasteiger partial charge in [-0.25, -0.2) is 0 Å². The second kappa shape index (κ2) is 11.5. The zero-order valence-electron chi connectivity index (χ0n) is 23.2. The van der Waals surface area contributed by atoms with E-state index >= 15 is 0 Å². The number of benzene rings is 5. The zero-order valence-corrected chi connectivity index (χ0v) is 23.2. The Balaban J connectivity index is 1.31.